The van der Waals surface area contributed by atoms with E-state index in [0.717, 1.165) is 23.9 Å². The summed E-state index contributed by atoms with van der Waals surface area (Å²) in [7, 11) is 0. The van der Waals surface area contributed by atoms with Crippen LogP contribution in [-0.2, 0) is 4.79 Å². The van der Waals surface area contributed by atoms with E-state index in [9.17, 15) is 9.59 Å². The van der Waals surface area contributed by atoms with E-state index in [1.807, 2.05) is 52.9 Å². The van der Waals surface area contributed by atoms with Crippen molar-refractivity contribution < 1.29 is 9.59 Å². The highest BCUT2D eigenvalue weighted by Crippen LogP contribution is 2.28. The van der Waals surface area contributed by atoms with E-state index in [2.05, 4.69) is 6.08 Å². The lowest BCUT2D eigenvalue weighted by atomic mass is 10.1. The molecule has 0 spiro atoms. The number of carbonyl (C=O) groups is 2. The van der Waals surface area contributed by atoms with Crippen molar-refractivity contribution in [3.8, 4) is 0 Å². The van der Waals surface area contributed by atoms with Crippen molar-refractivity contribution in [2.24, 2.45) is 0 Å². The van der Waals surface area contributed by atoms with Gasteiger partial charge >= 0.3 is 0 Å². The summed E-state index contributed by atoms with van der Waals surface area (Å²) < 4.78 is 1.98. The standard InChI is InChI=1S/C19H22N2O2/c1-3-17(19(23)20-11-7-4-8-12-20)21-13-16(14(2)22)15-9-5-6-10-18(15)21/h4-7,9-10,13,17H,3,8,11-12H2,1-2H3. The minimum Gasteiger partial charge on any atom is -0.337 e. The number of amides is 1. The van der Waals surface area contributed by atoms with Gasteiger partial charge in [-0.25, -0.2) is 0 Å². The van der Waals surface area contributed by atoms with E-state index in [1.54, 1.807) is 6.92 Å². The summed E-state index contributed by atoms with van der Waals surface area (Å²) in [6, 6.07) is 7.54. The number of carbonyl (C=O) groups excluding carboxylic acids is 2. The maximum absolute atomic E-state index is 12.9. The molecule has 1 aliphatic rings. The molecule has 4 heteroatoms. The summed E-state index contributed by atoms with van der Waals surface area (Å²) in [6.07, 6.45) is 7.62. The smallest absolute Gasteiger partial charge is 0.245 e. The van der Waals surface area contributed by atoms with Crippen LogP contribution >= 0.6 is 0 Å². The van der Waals surface area contributed by atoms with Gasteiger partial charge in [0.15, 0.2) is 5.78 Å². The number of ketones is 1. The highest BCUT2D eigenvalue weighted by molar-refractivity contribution is 6.07. The van der Waals surface area contributed by atoms with Gasteiger partial charge < -0.3 is 9.47 Å². The highest BCUT2D eigenvalue weighted by atomic mass is 16.2. The Labute approximate surface area is 136 Å². The first-order valence-electron chi connectivity index (χ1n) is 8.17. The third kappa shape index (κ3) is 2.81. The lowest BCUT2D eigenvalue weighted by Gasteiger charge is -2.28. The van der Waals surface area contributed by atoms with E-state index >= 15 is 0 Å². The van der Waals surface area contributed by atoms with Crippen molar-refractivity contribution >= 4 is 22.6 Å². The Balaban J connectivity index is 2.04. The molecule has 120 valence electrons. The van der Waals surface area contributed by atoms with E-state index in [4.69, 9.17) is 0 Å². The average molecular weight is 310 g/mol. The predicted molar refractivity (Wildman–Crippen MR) is 91.6 cm³/mol. The number of nitrogens with zero attached hydrogens (tertiary/aromatic N) is 2. The van der Waals surface area contributed by atoms with Crippen molar-refractivity contribution in [3.05, 3.63) is 48.2 Å². The first-order chi connectivity index (χ1) is 11.1. The Bertz CT molecular complexity index is 773. The maximum atomic E-state index is 12.9. The first-order valence-corrected chi connectivity index (χ1v) is 8.17. The fourth-order valence-corrected chi connectivity index (χ4v) is 3.29. The lowest BCUT2D eigenvalue weighted by Crippen LogP contribution is -2.39. The van der Waals surface area contributed by atoms with Gasteiger partial charge in [-0.05, 0) is 25.8 Å². The predicted octanol–water partition coefficient (Wildman–Crippen LogP) is 3.58. The van der Waals surface area contributed by atoms with Gasteiger partial charge in [-0.1, -0.05) is 37.3 Å². The highest BCUT2D eigenvalue weighted by Gasteiger charge is 2.26. The quantitative estimate of drug-likeness (QED) is 0.640. The van der Waals surface area contributed by atoms with Crippen molar-refractivity contribution in [1.29, 1.82) is 0 Å². The molecule has 0 N–H and O–H groups in total. The normalized spacial score (nSPS) is 15.8. The number of hydrogen-bond donors (Lipinski definition) is 0. The van der Waals surface area contributed by atoms with Crippen molar-refractivity contribution in [2.45, 2.75) is 32.7 Å². The van der Waals surface area contributed by atoms with E-state index in [-0.39, 0.29) is 17.7 Å². The zero-order valence-corrected chi connectivity index (χ0v) is 13.7. The number of benzene rings is 1. The molecule has 1 aliphatic heterocycles. The molecule has 2 aromatic rings. The SMILES string of the molecule is CCC(C(=O)N1CC=CCC1)n1cc(C(C)=O)c2ccccc21. The number of hydrogen-bond acceptors (Lipinski definition) is 2. The second kappa shape index (κ2) is 6.41. The molecule has 1 amide bonds. The van der Waals surface area contributed by atoms with E-state index < -0.39 is 0 Å². The molecule has 0 saturated heterocycles. The summed E-state index contributed by atoms with van der Waals surface area (Å²) in [4.78, 5) is 26.8. The molecule has 1 aromatic heterocycles. The maximum Gasteiger partial charge on any atom is 0.245 e. The molecule has 2 heterocycles. The van der Waals surface area contributed by atoms with Crippen molar-refractivity contribution in [1.82, 2.24) is 9.47 Å². The van der Waals surface area contributed by atoms with Gasteiger partial charge in [0, 0.05) is 35.8 Å². The molecule has 0 radical (unpaired) electrons. The number of fused-ring (bicyclic) bond motifs is 1. The molecule has 3 rings (SSSR count). The molecule has 1 aromatic carbocycles. The first kappa shape index (κ1) is 15.5. The molecule has 1 atom stereocenters. The second-order valence-electron chi connectivity index (χ2n) is 5.99. The molecule has 0 aliphatic carbocycles. The molecule has 1 unspecified atom stereocenters. The number of rotatable bonds is 4. The number of para-hydroxylation sites is 1. The van der Waals surface area contributed by atoms with Gasteiger partial charge in [-0.3, -0.25) is 9.59 Å². The van der Waals surface area contributed by atoms with Gasteiger partial charge in [0.25, 0.3) is 0 Å². The third-order valence-electron chi connectivity index (χ3n) is 4.50. The van der Waals surface area contributed by atoms with Crippen LogP contribution in [0.3, 0.4) is 0 Å². The minimum absolute atomic E-state index is 0.0307. The minimum atomic E-state index is -0.264. The van der Waals surface area contributed by atoms with Crippen LogP contribution in [0.4, 0.5) is 0 Å². The molecular weight excluding hydrogens is 288 g/mol. The Morgan fingerprint density at radius 2 is 2.00 bits per heavy atom. The molecule has 23 heavy (non-hydrogen) atoms. The fraction of sp³-hybridized carbons (Fsp3) is 0.368. The van der Waals surface area contributed by atoms with Crippen LogP contribution in [0.2, 0.25) is 0 Å². The lowest BCUT2D eigenvalue weighted by molar-refractivity contribution is -0.134. The monoisotopic (exact) mass is 310 g/mol. The largest absolute Gasteiger partial charge is 0.337 e. The summed E-state index contributed by atoms with van der Waals surface area (Å²) in [6.45, 7) is 5.04. The molecule has 0 saturated carbocycles. The second-order valence-corrected chi connectivity index (χ2v) is 5.99. The van der Waals surface area contributed by atoms with Crippen LogP contribution in [0.1, 0.15) is 43.1 Å². The molecule has 4 nitrogen and oxygen atoms in total. The zero-order valence-electron chi connectivity index (χ0n) is 13.7. The van der Waals surface area contributed by atoms with Gasteiger partial charge in [0.1, 0.15) is 6.04 Å². The molecular formula is C19H22N2O2. The van der Waals surface area contributed by atoms with Crippen LogP contribution in [-0.4, -0.2) is 34.2 Å². The zero-order chi connectivity index (χ0) is 16.4. The molecule has 0 fully saturated rings. The fourth-order valence-electron chi connectivity index (χ4n) is 3.29. The van der Waals surface area contributed by atoms with Crippen molar-refractivity contribution in [3.63, 3.8) is 0 Å². The van der Waals surface area contributed by atoms with Crippen LogP contribution in [0.15, 0.2) is 42.6 Å². The summed E-state index contributed by atoms with van der Waals surface area (Å²) in [5, 5.41) is 0.921. The van der Waals surface area contributed by atoms with Gasteiger partial charge in [-0.15, -0.1) is 0 Å². The summed E-state index contributed by atoms with van der Waals surface area (Å²) in [5.41, 5.74) is 1.64. The van der Waals surface area contributed by atoms with E-state index in [0.29, 0.717) is 18.5 Å². The van der Waals surface area contributed by atoms with Crippen LogP contribution in [0, 0.1) is 0 Å². The van der Waals surface area contributed by atoms with Crippen molar-refractivity contribution in [2.75, 3.05) is 13.1 Å². The summed E-state index contributed by atoms with van der Waals surface area (Å²) >= 11 is 0. The van der Waals surface area contributed by atoms with Gasteiger partial charge in [0.05, 0.1) is 0 Å². The van der Waals surface area contributed by atoms with Gasteiger partial charge in [0.2, 0.25) is 5.91 Å². The van der Waals surface area contributed by atoms with Crippen LogP contribution in [0.5, 0.6) is 0 Å². The Hall–Kier alpha value is -2.36. The summed E-state index contributed by atoms with van der Waals surface area (Å²) in [5.74, 6) is 0.163. The number of aromatic nitrogens is 1. The topological polar surface area (TPSA) is 42.3 Å². The average Bonchev–Trinajstić information content (AvgIpc) is 2.96. The molecule has 0 bridgehead atoms. The van der Waals surface area contributed by atoms with E-state index in [1.165, 1.54) is 0 Å². The Morgan fingerprint density at radius 1 is 1.22 bits per heavy atom. The Kier molecular flexibility index (Phi) is 4.33. The van der Waals surface area contributed by atoms with Gasteiger partial charge in [-0.2, -0.15) is 0 Å². The number of Topliss-reactive ketones (excluding diaryl/α,β-unsaturated/α-hetero) is 1. The van der Waals surface area contributed by atoms with Crippen LogP contribution < -0.4 is 0 Å². The Morgan fingerprint density at radius 3 is 2.65 bits per heavy atom. The third-order valence-corrected chi connectivity index (χ3v) is 4.50. The van der Waals surface area contributed by atoms with Crippen LogP contribution in [0.25, 0.3) is 10.9 Å².